The Balaban J connectivity index is 1.91. The highest BCUT2D eigenvalue weighted by Gasteiger charge is 2.20. The molecule has 0 saturated heterocycles. The number of carbonyl (C=O) groups excluding carboxylic acids is 1. The van der Waals surface area contributed by atoms with Crippen LogP contribution < -0.4 is 26.8 Å². The van der Waals surface area contributed by atoms with Crippen LogP contribution in [0.1, 0.15) is 20.8 Å². The number of hydrogen-bond donors (Lipinski definition) is 4. The van der Waals surface area contributed by atoms with E-state index in [0.29, 0.717) is 92.3 Å². The van der Waals surface area contributed by atoms with E-state index in [1.54, 1.807) is 20.8 Å². The molecule has 0 heterocycles. The molecule has 0 aromatic heterocycles. The molecule has 1 aromatic rings. The summed E-state index contributed by atoms with van der Waals surface area (Å²) in [6.45, 7) is 11.0. The number of hydrogen-bond acceptors (Lipinski definition) is 13. The van der Waals surface area contributed by atoms with E-state index in [0.717, 1.165) is 0 Å². The van der Waals surface area contributed by atoms with Crippen molar-refractivity contribution in [1.82, 2.24) is 5.32 Å². The monoisotopic (exact) mass is 563 g/mol. The summed E-state index contributed by atoms with van der Waals surface area (Å²) in [5, 5.41) is 17.0. The number of aliphatic hydroxyl groups is 1. The van der Waals surface area contributed by atoms with Crippen LogP contribution in [0.25, 0.3) is 0 Å². The van der Waals surface area contributed by atoms with E-state index < -0.39 is 22.6 Å². The van der Waals surface area contributed by atoms with Gasteiger partial charge in [0.1, 0.15) is 17.0 Å². The zero-order chi connectivity index (χ0) is 28.8. The van der Waals surface area contributed by atoms with Crippen LogP contribution in [-0.4, -0.2) is 122 Å². The first-order chi connectivity index (χ1) is 18.8. The van der Waals surface area contributed by atoms with Crippen LogP contribution in [0.4, 0.5) is 16.2 Å². The minimum absolute atomic E-state index is 0.0332. The third-order valence-corrected chi connectivity index (χ3v) is 4.64. The Morgan fingerprint density at radius 3 is 1.36 bits per heavy atom. The van der Waals surface area contributed by atoms with Crippen molar-refractivity contribution in [3.63, 3.8) is 0 Å². The smallest absolute Gasteiger partial charge is 0.407 e. The van der Waals surface area contributed by atoms with Gasteiger partial charge in [0.05, 0.1) is 85.9 Å². The summed E-state index contributed by atoms with van der Waals surface area (Å²) < 4.78 is 37.2. The lowest BCUT2D eigenvalue weighted by atomic mass is 10.2. The van der Waals surface area contributed by atoms with Crippen LogP contribution in [0.2, 0.25) is 0 Å². The third kappa shape index (κ3) is 17.8. The molecular weight excluding hydrogens is 518 g/mol. The lowest BCUT2D eigenvalue weighted by Gasteiger charge is -2.19. The fourth-order valence-corrected chi connectivity index (χ4v) is 2.91. The Morgan fingerprint density at radius 2 is 0.974 bits per heavy atom. The first kappa shape index (κ1) is 34.7. The first-order valence-electron chi connectivity index (χ1n) is 13.1. The molecule has 0 unspecified atom stereocenters. The van der Waals surface area contributed by atoms with Crippen LogP contribution in [0.15, 0.2) is 9.59 Å². The average Bonchev–Trinajstić information content (AvgIpc) is 2.89. The van der Waals surface area contributed by atoms with E-state index in [2.05, 4.69) is 16.0 Å². The Labute approximate surface area is 229 Å². The SMILES string of the molecule is CC(C)(C)OC(=O)NCCOCCOCCOCCOCCNc1c(NCCOCCOCCO)c(=O)c1=O. The number of nitrogens with one attached hydrogen (secondary N) is 3. The topological polar surface area (TPSA) is 172 Å². The quantitative estimate of drug-likeness (QED) is 0.0905. The Hall–Kier alpha value is -2.33. The van der Waals surface area contributed by atoms with Crippen LogP contribution >= 0.6 is 0 Å². The lowest BCUT2D eigenvalue weighted by molar-refractivity contribution is -0.000795. The fourth-order valence-electron chi connectivity index (χ4n) is 2.91. The Morgan fingerprint density at radius 1 is 0.615 bits per heavy atom. The van der Waals surface area contributed by atoms with E-state index in [-0.39, 0.29) is 24.6 Å². The Kier molecular flexibility index (Phi) is 19.1. The summed E-state index contributed by atoms with van der Waals surface area (Å²) in [6, 6.07) is 0. The summed E-state index contributed by atoms with van der Waals surface area (Å²) in [5.74, 6) is 0. The number of alkyl carbamates (subject to hydrolysis) is 1. The molecule has 1 amide bonds. The van der Waals surface area contributed by atoms with Gasteiger partial charge in [-0.05, 0) is 20.8 Å². The lowest BCUT2D eigenvalue weighted by Crippen LogP contribution is -2.38. The van der Waals surface area contributed by atoms with Gasteiger partial charge in [0.15, 0.2) is 0 Å². The van der Waals surface area contributed by atoms with Gasteiger partial charge in [0.25, 0.3) is 10.9 Å². The molecule has 226 valence electrons. The van der Waals surface area contributed by atoms with E-state index >= 15 is 0 Å². The minimum Gasteiger partial charge on any atom is -0.444 e. The summed E-state index contributed by atoms with van der Waals surface area (Å²) in [6.07, 6.45) is -0.472. The van der Waals surface area contributed by atoms with Gasteiger partial charge in [-0.15, -0.1) is 0 Å². The van der Waals surface area contributed by atoms with Gasteiger partial charge in [-0.1, -0.05) is 0 Å². The molecule has 0 fully saturated rings. The summed E-state index contributed by atoms with van der Waals surface area (Å²) in [4.78, 5) is 35.0. The predicted molar refractivity (Wildman–Crippen MR) is 145 cm³/mol. The average molecular weight is 564 g/mol. The molecule has 1 rings (SSSR count). The van der Waals surface area contributed by atoms with E-state index in [4.69, 9.17) is 38.3 Å². The van der Waals surface area contributed by atoms with Gasteiger partial charge in [0.2, 0.25) is 0 Å². The van der Waals surface area contributed by atoms with Crippen molar-refractivity contribution in [3.05, 3.63) is 20.4 Å². The fraction of sp³-hybridized carbons (Fsp3) is 0.800. The molecule has 0 aliphatic heterocycles. The molecule has 0 spiro atoms. The maximum absolute atomic E-state index is 11.8. The van der Waals surface area contributed by atoms with Gasteiger partial charge in [-0.3, -0.25) is 9.59 Å². The van der Waals surface area contributed by atoms with Crippen molar-refractivity contribution in [3.8, 4) is 0 Å². The van der Waals surface area contributed by atoms with Crippen LogP contribution in [0, 0.1) is 0 Å². The van der Waals surface area contributed by atoms with Crippen molar-refractivity contribution in [2.45, 2.75) is 26.4 Å². The van der Waals surface area contributed by atoms with Gasteiger partial charge >= 0.3 is 6.09 Å². The van der Waals surface area contributed by atoms with Gasteiger partial charge in [-0.25, -0.2) is 4.79 Å². The van der Waals surface area contributed by atoms with Crippen LogP contribution in [0.5, 0.6) is 0 Å². The first-order valence-corrected chi connectivity index (χ1v) is 13.1. The predicted octanol–water partition coefficient (Wildman–Crippen LogP) is -0.277. The van der Waals surface area contributed by atoms with Crippen LogP contribution in [-0.2, 0) is 33.2 Å². The highest BCUT2D eigenvalue weighted by Crippen LogP contribution is 2.13. The highest BCUT2D eigenvalue weighted by molar-refractivity contribution is 5.73. The second-order valence-electron chi connectivity index (χ2n) is 9.09. The molecule has 0 aliphatic carbocycles. The molecule has 1 aromatic carbocycles. The third-order valence-electron chi connectivity index (χ3n) is 4.64. The molecule has 39 heavy (non-hydrogen) atoms. The van der Waals surface area contributed by atoms with Crippen molar-refractivity contribution >= 4 is 17.5 Å². The van der Waals surface area contributed by atoms with Crippen molar-refractivity contribution in [2.24, 2.45) is 0 Å². The summed E-state index contributed by atoms with van der Waals surface area (Å²) in [5.41, 5.74) is -1.12. The molecule has 0 bridgehead atoms. The van der Waals surface area contributed by atoms with Crippen molar-refractivity contribution < 1.29 is 43.1 Å². The standard InChI is InChI=1S/C25H45N3O11/c1-25(2,3)39-24(32)28-6-10-35-14-17-38-19-18-37-16-13-34-9-5-27-21-20(22(30)23(21)31)26-4-8-33-12-15-36-11-7-29/h26-27,29H,4-19H2,1-3H3,(H,28,32). The maximum atomic E-state index is 11.8. The van der Waals surface area contributed by atoms with E-state index in [9.17, 15) is 14.4 Å². The number of amides is 1. The zero-order valence-electron chi connectivity index (χ0n) is 23.3. The largest absolute Gasteiger partial charge is 0.444 e. The van der Waals surface area contributed by atoms with Gasteiger partial charge < -0.3 is 54.2 Å². The number of ether oxygens (including phenoxy) is 7. The normalized spacial score (nSPS) is 11.6. The molecule has 4 N–H and O–H groups in total. The molecule has 0 radical (unpaired) electrons. The Bertz CT molecular complexity index is 838. The second kappa shape index (κ2) is 21.5. The zero-order valence-corrected chi connectivity index (χ0v) is 23.3. The second-order valence-corrected chi connectivity index (χ2v) is 9.09. The van der Waals surface area contributed by atoms with Crippen LogP contribution in [0.3, 0.4) is 0 Å². The molecule has 0 saturated carbocycles. The number of rotatable bonds is 25. The van der Waals surface area contributed by atoms with Gasteiger partial charge in [0, 0.05) is 19.6 Å². The molecular formula is C25H45N3O11. The number of carbonyl (C=O) groups is 1. The van der Waals surface area contributed by atoms with E-state index in [1.807, 2.05) is 0 Å². The summed E-state index contributed by atoms with van der Waals surface area (Å²) >= 11 is 0. The summed E-state index contributed by atoms with van der Waals surface area (Å²) in [7, 11) is 0. The van der Waals surface area contributed by atoms with Crippen molar-refractivity contribution in [2.75, 3.05) is 116 Å². The van der Waals surface area contributed by atoms with E-state index in [1.165, 1.54) is 0 Å². The molecule has 14 heteroatoms. The van der Waals surface area contributed by atoms with Gasteiger partial charge in [-0.2, -0.15) is 0 Å². The number of aliphatic hydroxyl groups excluding tert-OH is 1. The number of anilines is 2. The maximum Gasteiger partial charge on any atom is 0.407 e. The molecule has 0 atom stereocenters. The molecule has 0 aliphatic rings. The molecule has 14 nitrogen and oxygen atoms in total. The van der Waals surface area contributed by atoms with Crippen molar-refractivity contribution in [1.29, 1.82) is 0 Å². The highest BCUT2D eigenvalue weighted by atomic mass is 16.6. The minimum atomic E-state index is -0.554.